The molecule has 9 heteroatoms. The predicted molar refractivity (Wildman–Crippen MR) is 125 cm³/mol. The van der Waals surface area contributed by atoms with Crippen LogP contribution in [-0.2, 0) is 11.3 Å². The van der Waals surface area contributed by atoms with Crippen LogP contribution < -0.4 is 10.2 Å². The van der Waals surface area contributed by atoms with Crippen molar-refractivity contribution in [2.75, 3.05) is 49.6 Å². The quantitative estimate of drug-likeness (QED) is 0.631. The minimum atomic E-state index is 0.257. The van der Waals surface area contributed by atoms with E-state index in [2.05, 4.69) is 54.5 Å². The standard InChI is InChI=1S/C23H32N8O/c1-17(2)31-22-20(21(26-16-27-22)25-15-18-4-3-7-24-14-18)28-23(31)30-8-5-19(6-9-30)29-10-12-32-13-11-29/h3-4,7,14,16-17,19H,5-6,8-13,15H2,1-2H3,(H,25,26,27). The average molecular weight is 437 g/mol. The molecule has 9 nitrogen and oxygen atoms in total. The lowest BCUT2D eigenvalue weighted by Crippen LogP contribution is -2.49. The van der Waals surface area contributed by atoms with E-state index in [4.69, 9.17) is 9.72 Å². The van der Waals surface area contributed by atoms with Crippen LogP contribution in [0.1, 0.15) is 38.3 Å². The molecule has 5 heterocycles. The number of rotatable bonds is 6. The molecule has 3 aromatic heterocycles. The van der Waals surface area contributed by atoms with Gasteiger partial charge in [-0.1, -0.05) is 6.07 Å². The normalized spacial score (nSPS) is 18.5. The molecule has 2 aliphatic heterocycles. The smallest absolute Gasteiger partial charge is 0.208 e. The van der Waals surface area contributed by atoms with Crippen LogP contribution in [0, 0.1) is 0 Å². The number of hydrogen-bond acceptors (Lipinski definition) is 8. The fourth-order valence-electron chi connectivity index (χ4n) is 4.79. The van der Waals surface area contributed by atoms with Gasteiger partial charge in [0.1, 0.15) is 6.33 Å². The van der Waals surface area contributed by atoms with Crippen molar-refractivity contribution < 1.29 is 4.74 Å². The molecule has 0 aliphatic carbocycles. The van der Waals surface area contributed by atoms with E-state index in [1.807, 2.05) is 12.3 Å². The highest BCUT2D eigenvalue weighted by Gasteiger charge is 2.29. The minimum Gasteiger partial charge on any atom is -0.379 e. The van der Waals surface area contributed by atoms with Crippen LogP contribution in [-0.4, -0.2) is 74.8 Å². The molecule has 0 bridgehead atoms. The molecular weight excluding hydrogens is 404 g/mol. The second-order valence-corrected chi connectivity index (χ2v) is 8.85. The Labute approximate surface area is 188 Å². The largest absolute Gasteiger partial charge is 0.379 e. The molecule has 2 aliphatic rings. The summed E-state index contributed by atoms with van der Waals surface area (Å²) < 4.78 is 7.78. The molecule has 1 N–H and O–H groups in total. The van der Waals surface area contributed by atoms with Crippen LogP contribution in [0.4, 0.5) is 11.8 Å². The molecule has 2 saturated heterocycles. The summed E-state index contributed by atoms with van der Waals surface area (Å²) in [6.45, 7) is 10.9. The second kappa shape index (κ2) is 9.38. The van der Waals surface area contributed by atoms with Crippen molar-refractivity contribution in [2.45, 2.75) is 45.3 Å². The third-order valence-corrected chi connectivity index (χ3v) is 6.47. The van der Waals surface area contributed by atoms with Crippen molar-refractivity contribution in [3.05, 3.63) is 36.4 Å². The van der Waals surface area contributed by atoms with Gasteiger partial charge in [0.05, 0.1) is 13.2 Å². The Balaban J connectivity index is 1.37. The maximum atomic E-state index is 5.53. The summed E-state index contributed by atoms with van der Waals surface area (Å²) in [4.78, 5) is 23.4. The number of hydrogen-bond donors (Lipinski definition) is 1. The van der Waals surface area contributed by atoms with E-state index < -0.39 is 0 Å². The molecule has 0 spiro atoms. The van der Waals surface area contributed by atoms with Gasteiger partial charge in [-0.3, -0.25) is 14.5 Å². The molecular formula is C23H32N8O. The van der Waals surface area contributed by atoms with Gasteiger partial charge in [-0.2, -0.15) is 0 Å². The summed E-state index contributed by atoms with van der Waals surface area (Å²) >= 11 is 0. The Kier molecular flexibility index (Phi) is 6.18. The number of anilines is 2. The van der Waals surface area contributed by atoms with Crippen LogP contribution in [0.5, 0.6) is 0 Å². The van der Waals surface area contributed by atoms with Gasteiger partial charge >= 0.3 is 0 Å². The molecule has 0 saturated carbocycles. The molecule has 0 atom stereocenters. The first-order valence-electron chi connectivity index (χ1n) is 11.6. The monoisotopic (exact) mass is 436 g/mol. The van der Waals surface area contributed by atoms with Gasteiger partial charge < -0.3 is 15.0 Å². The third kappa shape index (κ3) is 4.27. The van der Waals surface area contributed by atoms with Gasteiger partial charge in [0.2, 0.25) is 5.95 Å². The van der Waals surface area contributed by atoms with Crippen molar-refractivity contribution >= 4 is 22.9 Å². The van der Waals surface area contributed by atoms with Crippen molar-refractivity contribution in [3.8, 4) is 0 Å². The molecule has 3 aromatic rings. The van der Waals surface area contributed by atoms with Gasteiger partial charge in [-0.15, -0.1) is 0 Å². The SMILES string of the molecule is CC(C)n1c(N2CCC(N3CCOCC3)CC2)nc2c(NCc3cccnc3)ncnc21. The van der Waals surface area contributed by atoms with Gasteiger partial charge in [0, 0.05) is 57.2 Å². The van der Waals surface area contributed by atoms with Crippen molar-refractivity contribution in [3.63, 3.8) is 0 Å². The summed E-state index contributed by atoms with van der Waals surface area (Å²) in [6, 6.07) is 4.89. The van der Waals surface area contributed by atoms with E-state index >= 15 is 0 Å². The van der Waals surface area contributed by atoms with E-state index in [9.17, 15) is 0 Å². The van der Waals surface area contributed by atoms with Gasteiger partial charge in [-0.05, 0) is 38.3 Å². The second-order valence-electron chi connectivity index (χ2n) is 8.85. The Morgan fingerprint density at radius 2 is 1.94 bits per heavy atom. The summed E-state index contributed by atoms with van der Waals surface area (Å²) in [5.41, 5.74) is 2.82. The zero-order valence-electron chi connectivity index (χ0n) is 18.9. The fraction of sp³-hybridized carbons (Fsp3) is 0.565. The number of ether oxygens (including phenoxy) is 1. The summed E-state index contributed by atoms with van der Waals surface area (Å²) in [7, 11) is 0. The van der Waals surface area contributed by atoms with Crippen LogP contribution in [0.3, 0.4) is 0 Å². The number of nitrogens with zero attached hydrogens (tertiary/aromatic N) is 7. The van der Waals surface area contributed by atoms with E-state index in [1.54, 1.807) is 12.5 Å². The van der Waals surface area contributed by atoms with Crippen molar-refractivity contribution in [1.29, 1.82) is 0 Å². The lowest BCUT2D eigenvalue weighted by molar-refractivity contribution is 0.0114. The lowest BCUT2D eigenvalue weighted by Gasteiger charge is -2.40. The first-order chi connectivity index (χ1) is 15.7. The van der Waals surface area contributed by atoms with Crippen LogP contribution >= 0.6 is 0 Å². The Morgan fingerprint density at radius 1 is 1.12 bits per heavy atom. The molecule has 2 fully saturated rings. The first kappa shape index (κ1) is 21.1. The number of nitrogens with one attached hydrogen (secondary N) is 1. The highest BCUT2D eigenvalue weighted by atomic mass is 16.5. The zero-order valence-corrected chi connectivity index (χ0v) is 18.9. The average Bonchev–Trinajstić information content (AvgIpc) is 3.25. The molecule has 0 amide bonds. The highest BCUT2D eigenvalue weighted by molar-refractivity contribution is 5.85. The van der Waals surface area contributed by atoms with E-state index in [-0.39, 0.29) is 6.04 Å². The maximum Gasteiger partial charge on any atom is 0.208 e. The van der Waals surface area contributed by atoms with Crippen molar-refractivity contribution in [1.82, 2.24) is 29.4 Å². The number of piperidine rings is 1. The number of imidazole rings is 1. The Hall–Kier alpha value is -2.78. The van der Waals surface area contributed by atoms with Crippen LogP contribution in [0.25, 0.3) is 11.2 Å². The van der Waals surface area contributed by atoms with E-state index in [1.165, 1.54) is 0 Å². The number of morpholine rings is 1. The Morgan fingerprint density at radius 3 is 2.66 bits per heavy atom. The van der Waals surface area contributed by atoms with Crippen LogP contribution in [0.15, 0.2) is 30.9 Å². The number of aromatic nitrogens is 5. The Bertz CT molecular complexity index is 1020. The predicted octanol–water partition coefficient (Wildman–Crippen LogP) is 2.72. The molecule has 5 rings (SSSR count). The number of fused-ring (bicyclic) bond motifs is 1. The van der Waals surface area contributed by atoms with Crippen LogP contribution in [0.2, 0.25) is 0 Å². The third-order valence-electron chi connectivity index (χ3n) is 6.47. The maximum absolute atomic E-state index is 5.53. The molecule has 0 unspecified atom stereocenters. The minimum absolute atomic E-state index is 0.257. The number of pyridine rings is 1. The molecule has 0 aromatic carbocycles. The highest BCUT2D eigenvalue weighted by Crippen LogP contribution is 2.31. The molecule has 0 radical (unpaired) electrons. The first-order valence-corrected chi connectivity index (χ1v) is 11.6. The van der Waals surface area contributed by atoms with Crippen molar-refractivity contribution in [2.24, 2.45) is 0 Å². The summed E-state index contributed by atoms with van der Waals surface area (Å²) in [5, 5.41) is 3.43. The van der Waals surface area contributed by atoms with Gasteiger partial charge in [-0.25, -0.2) is 15.0 Å². The van der Waals surface area contributed by atoms with E-state index in [0.29, 0.717) is 12.6 Å². The summed E-state index contributed by atoms with van der Waals surface area (Å²) in [5.74, 6) is 1.77. The topological polar surface area (TPSA) is 84.2 Å². The zero-order chi connectivity index (χ0) is 21.9. The van der Waals surface area contributed by atoms with E-state index in [0.717, 1.165) is 80.7 Å². The summed E-state index contributed by atoms with van der Waals surface area (Å²) in [6.07, 6.45) is 7.58. The van der Waals surface area contributed by atoms with Gasteiger partial charge in [0.15, 0.2) is 17.0 Å². The lowest BCUT2D eigenvalue weighted by atomic mass is 10.0. The fourth-order valence-corrected chi connectivity index (χ4v) is 4.79. The molecule has 170 valence electrons. The van der Waals surface area contributed by atoms with Gasteiger partial charge in [0.25, 0.3) is 0 Å². The molecule has 32 heavy (non-hydrogen) atoms.